The molecule has 0 heterocycles. The molecule has 2 atom stereocenters. The Balaban J connectivity index is 2.31. The minimum absolute atomic E-state index is 0.0384. The summed E-state index contributed by atoms with van der Waals surface area (Å²) in [4.78, 5) is 6.55. The molecule has 0 N–H and O–H groups in total. The van der Waals surface area contributed by atoms with Crippen molar-refractivity contribution in [1.29, 1.82) is 0 Å². The van der Waals surface area contributed by atoms with Gasteiger partial charge in [0, 0.05) is 11.4 Å². The lowest BCUT2D eigenvalue weighted by Gasteiger charge is -2.44. The van der Waals surface area contributed by atoms with Crippen molar-refractivity contribution < 1.29 is 4.84 Å². The summed E-state index contributed by atoms with van der Waals surface area (Å²) in [5.41, 5.74) is 3.43. The van der Waals surface area contributed by atoms with Crippen LogP contribution < -0.4 is 0 Å². The van der Waals surface area contributed by atoms with E-state index in [0.717, 1.165) is 11.1 Å². The highest BCUT2D eigenvalue weighted by Crippen LogP contribution is 2.37. The molecule has 0 aliphatic heterocycles. The fraction of sp³-hybridized carbons (Fsp3) is 0.478. The highest BCUT2D eigenvalue weighted by molar-refractivity contribution is 6.17. The van der Waals surface area contributed by atoms with Crippen LogP contribution in [0.5, 0.6) is 0 Å². The molecular weight excluding hydrogens is 342 g/mol. The molecule has 0 spiro atoms. The second kappa shape index (κ2) is 9.03. The summed E-state index contributed by atoms with van der Waals surface area (Å²) in [7, 11) is 0. The largest absolute Gasteiger partial charge is 0.290 e. The molecular formula is C23H32ClNO. The van der Waals surface area contributed by atoms with E-state index in [9.17, 15) is 0 Å². The summed E-state index contributed by atoms with van der Waals surface area (Å²) < 4.78 is 0. The van der Waals surface area contributed by atoms with Gasteiger partial charge >= 0.3 is 0 Å². The molecule has 2 aromatic rings. The van der Waals surface area contributed by atoms with Crippen molar-refractivity contribution in [1.82, 2.24) is 5.06 Å². The van der Waals surface area contributed by atoms with Crippen molar-refractivity contribution in [2.24, 2.45) is 5.92 Å². The molecule has 26 heavy (non-hydrogen) atoms. The van der Waals surface area contributed by atoms with Crippen molar-refractivity contribution >= 4 is 11.6 Å². The zero-order chi connectivity index (χ0) is 19.3. The lowest BCUT2D eigenvalue weighted by Crippen LogP contribution is -2.46. The monoisotopic (exact) mass is 373 g/mol. The van der Waals surface area contributed by atoms with Gasteiger partial charge in [0.25, 0.3) is 0 Å². The Kier molecular flexibility index (Phi) is 7.28. The average molecular weight is 374 g/mol. The summed E-state index contributed by atoms with van der Waals surface area (Å²) in [6.07, 6.45) is -0.0384. The zero-order valence-electron chi connectivity index (χ0n) is 16.9. The fourth-order valence-electron chi connectivity index (χ4n) is 3.19. The summed E-state index contributed by atoms with van der Waals surface area (Å²) in [6, 6.07) is 19.2. The van der Waals surface area contributed by atoms with E-state index in [0.29, 0.717) is 11.8 Å². The molecule has 0 saturated heterocycles. The van der Waals surface area contributed by atoms with Gasteiger partial charge in [-0.05, 0) is 50.3 Å². The Morgan fingerprint density at radius 1 is 0.885 bits per heavy atom. The van der Waals surface area contributed by atoms with Crippen LogP contribution in [-0.2, 0) is 10.7 Å². The molecule has 0 aromatic heterocycles. The molecule has 2 aromatic carbocycles. The maximum absolute atomic E-state index is 6.55. The van der Waals surface area contributed by atoms with Gasteiger partial charge in [-0.25, -0.2) is 0 Å². The standard InChI is InChI=1S/C23H32ClNO/c1-17(2)22(21-10-8-7-9-11-21)25(23(4,5)6)26-18(3)20-14-12-19(16-24)13-15-20/h7-15,17-18,22H,16H2,1-6H3. The second-order valence-electron chi connectivity index (χ2n) is 8.22. The van der Waals surface area contributed by atoms with Gasteiger partial charge in [-0.1, -0.05) is 68.4 Å². The Morgan fingerprint density at radius 3 is 1.92 bits per heavy atom. The third-order valence-corrected chi connectivity index (χ3v) is 4.87. The van der Waals surface area contributed by atoms with Crippen LogP contribution in [0, 0.1) is 5.92 Å². The number of benzene rings is 2. The van der Waals surface area contributed by atoms with Gasteiger partial charge < -0.3 is 0 Å². The van der Waals surface area contributed by atoms with Crippen molar-refractivity contribution in [3.05, 3.63) is 71.3 Å². The fourth-order valence-corrected chi connectivity index (χ4v) is 3.37. The summed E-state index contributed by atoms with van der Waals surface area (Å²) in [5, 5.41) is 2.17. The van der Waals surface area contributed by atoms with Crippen molar-refractivity contribution in [3.63, 3.8) is 0 Å². The molecule has 0 radical (unpaired) electrons. The van der Waals surface area contributed by atoms with Gasteiger partial charge in [-0.3, -0.25) is 4.84 Å². The topological polar surface area (TPSA) is 12.5 Å². The summed E-state index contributed by atoms with van der Waals surface area (Å²) in [5.74, 6) is 0.954. The number of hydroxylamine groups is 2. The van der Waals surface area contributed by atoms with Gasteiger partial charge in [-0.15, -0.1) is 11.6 Å². The summed E-state index contributed by atoms with van der Waals surface area (Å²) in [6.45, 7) is 13.2. The molecule has 0 aliphatic carbocycles. The SMILES string of the molecule is CC(ON(C(c1ccccc1)C(C)C)C(C)(C)C)c1ccc(CCl)cc1. The highest BCUT2D eigenvalue weighted by atomic mass is 35.5. The molecule has 3 heteroatoms. The minimum atomic E-state index is -0.130. The van der Waals surface area contributed by atoms with Crippen molar-refractivity contribution in [2.45, 2.75) is 65.1 Å². The maximum Gasteiger partial charge on any atom is 0.102 e. The molecule has 2 nitrogen and oxygen atoms in total. The molecule has 0 fully saturated rings. The lowest BCUT2D eigenvalue weighted by molar-refractivity contribution is -0.272. The van der Waals surface area contributed by atoms with Gasteiger partial charge in [0.1, 0.15) is 6.10 Å². The van der Waals surface area contributed by atoms with Gasteiger partial charge in [0.05, 0.1) is 6.04 Å². The van der Waals surface area contributed by atoms with E-state index < -0.39 is 0 Å². The van der Waals surface area contributed by atoms with E-state index in [2.05, 4.69) is 101 Å². The van der Waals surface area contributed by atoms with E-state index in [1.165, 1.54) is 5.56 Å². The number of hydrogen-bond donors (Lipinski definition) is 0. The van der Waals surface area contributed by atoms with Crippen LogP contribution in [0.2, 0.25) is 0 Å². The van der Waals surface area contributed by atoms with Gasteiger partial charge in [0.15, 0.2) is 0 Å². The van der Waals surface area contributed by atoms with Crippen LogP contribution >= 0.6 is 11.6 Å². The van der Waals surface area contributed by atoms with E-state index in [-0.39, 0.29) is 17.7 Å². The van der Waals surface area contributed by atoms with Gasteiger partial charge in [0.2, 0.25) is 0 Å². The number of halogens is 1. The quantitative estimate of drug-likeness (QED) is 0.386. The maximum atomic E-state index is 6.55. The van der Waals surface area contributed by atoms with Crippen LogP contribution in [0.1, 0.15) is 70.4 Å². The Bertz CT molecular complexity index is 661. The predicted molar refractivity (Wildman–Crippen MR) is 111 cm³/mol. The molecule has 2 rings (SSSR count). The first-order chi connectivity index (χ1) is 12.2. The first-order valence-corrected chi connectivity index (χ1v) is 9.93. The first kappa shape index (κ1) is 21.0. The van der Waals surface area contributed by atoms with Crippen LogP contribution in [0.4, 0.5) is 0 Å². The number of nitrogens with zero attached hydrogens (tertiary/aromatic N) is 1. The van der Waals surface area contributed by atoms with Crippen LogP contribution in [-0.4, -0.2) is 10.6 Å². The van der Waals surface area contributed by atoms with Crippen LogP contribution in [0.25, 0.3) is 0 Å². The van der Waals surface area contributed by atoms with Crippen molar-refractivity contribution in [3.8, 4) is 0 Å². The third-order valence-electron chi connectivity index (χ3n) is 4.56. The first-order valence-electron chi connectivity index (χ1n) is 9.40. The smallest absolute Gasteiger partial charge is 0.102 e. The lowest BCUT2D eigenvalue weighted by atomic mass is 9.92. The van der Waals surface area contributed by atoms with Crippen LogP contribution in [0.3, 0.4) is 0 Å². The average Bonchev–Trinajstić information content (AvgIpc) is 2.61. The molecule has 142 valence electrons. The molecule has 0 amide bonds. The number of alkyl halides is 1. The molecule has 0 bridgehead atoms. The minimum Gasteiger partial charge on any atom is -0.290 e. The molecule has 2 unspecified atom stereocenters. The van der Waals surface area contributed by atoms with Crippen LogP contribution in [0.15, 0.2) is 54.6 Å². The Morgan fingerprint density at radius 2 is 1.46 bits per heavy atom. The zero-order valence-corrected chi connectivity index (χ0v) is 17.6. The third kappa shape index (κ3) is 5.33. The Labute approximate surface area is 164 Å². The highest BCUT2D eigenvalue weighted by Gasteiger charge is 2.34. The van der Waals surface area contributed by atoms with E-state index in [4.69, 9.17) is 16.4 Å². The molecule has 0 aliphatic rings. The van der Waals surface area contributed by atoms with E-state index >= 15 is 0 Å². The predicted octanol–water partition coefficient (Wildman–Crippen LogP) is 6.92. The number of rotatable bonds is 7. The molecule has 0 saturated carbocycles. The summed E-state index contributed by atoms with van der Waals surface area (Å²) >= 11 is 5.91. The number of hydrogen-bond acceptors (Lipinski definition) is 2. The van der Waals surface area contributed by atoms with E-state index in [1.54, 1.807) is 0 Å². The van der Waals surface area contributed by atoms with Crippen molar-refractivity contribution in [2.75, 3.05) is 0 Å². The van der Waals surface area contributed by atoms with Gasteiger partial charge in [-0.2, -0.15) is 5.06 Å². The normalized spacial score (nSPS) is 14.7. The second-order valence-corrected chi connectivity index (χ2v) is 8.49. The van der Waals surface area contributed by atoms with E-state index in [1.807, 2.05) is 0 Å². The Hall–Kier alpha value is -1.35.